The van der Waals surface area contributed by atoms with Crippen LogP contribution in [0.1, 0.15) is 50.7 Å². The molecule has 2 N–H and O–H groups in total. The maximum absolute atomic E-state index is 13.5. The third kappa shape index (κ3) is 4.11. The van der Waals surface area contributed by atoms with Crippen molar-refractivity contribution in [3.63, 3.8) is 0 Å². The molecule has 24 heavy (non-hydrogen) atoms. The van der Waals surface area contributed by atoms with E-state index in [-0.39, 0.29) is 24.1 Å². The molecule has 1 aliphatic heterocycles. The maximum atomic E-state index is 13.5. The summed E-state index contributed by atoms with van der Waals surface area (Å²) in [6.07, 6.45) is 4.52. The Labute approximate surface area is 141 Å². The van der Waals surface area contributed by atoms with E-state index in [1.54, 1.807) is 13.0 Å². The molecule has 1 saturated heterocycles. The molecular formula is C18H24F2N2O2. The minimum Gasteiger partial charge on any atom is -0.372 e. The number of hydrogen-bond acceptors (Lipinski definition) is 3. The quantitative estimate of drug-likeness (QED) is 0.888. The fourth-order valence-corrected chi connectivity index (χ4v) is 3.77. The number of nitrogens with one attached hydrogen (secondary N) is 2. The third-order valence-electron chi connectivity index (χ3n) is 4.95. The van der Waals surface area contributed by atoms with Gasteiger partial charge in [-0.1, -0.05) is 6.07 Å². The van der Waals surface area contributed by atoms with E-state index in [1.807, 2.05) is 0 Å². The molecule has 1 aromatic rings. The van der Waals surface area contributed by atoms with E-state index >= 15 is 0 Å². The number of benzene rings is 1. The standard InChI is InChI=1S/C18H24F2N2O2/c1-11(23)21-13-3-5-14(6-4-13)22-17-8-9-24-18(17)12-2-7-15(19)16(20)10-12/h2,7,10,13-14,17-18,22H,3-6,8-9H2,1H3,(H,21,23)/t13?,14?,17-,18+/m1/s1. The third-order valence-corrected chi connectivity index (χ3v) is 4.95. The van der Waals surface area contributed by atoms with E-state index < -0.39 is 11.6 Å². The summed E-state index contributed by atoms with van der Waals surface area (Å²) in [6, 6.07) is 4.72. The van der Waals surface area contributed by atoms with Crippen LogP contribution in [0.4, 0.5) is 8.78 Å². The molecule has 0 aromatic heterocycles. The van der Waals surface area contributed by atoms with Crippen LogP contribution in [0, 0.1) is 11.6 Å². The van der Waals surface area contributed by atoms with Gasteiger partial charge < -0.3 is 15.4 Å². The summed E-state index contributed by atoms with van der Waals surface area (Å²) < 4.78 is 32.4. The second-order valence-corrected chi connectivity index (χ2v) is 6.78. The lowest BCUT2D eigenvalue weighted by Gasteiger charge is -2.32. The van der Waals surface area contributed by atoms with Crippen molar-refractivity contribution in [2.24, 2.45) is 0 Å². The number of ether oxygens (including phenoxy) is 1. The van der Waals surface area contributed by atoms with Gasteiger partial charge >= 0.3 is 0 Å². The zero-order valence-electron chi connectivity index (χ0n) is 13.9. The van der Waals surface area contributed by atoms with Crippen LogP contribution < -0.4 is 10.6 Å². The molecule has 1 aliphatic carbocycles. The monoisotopic (exact) mass is 338 g/mol. The Balaban J connectivity index is 1.57. The number of carbonyl (C=O) groups excluding carboxylic acids is 1. The van der Waals surface area contributed by atoms with Gasteiger partial charge in [0.05, 0.1) is 6.10 Å². The van der Waals surface area contributed by atoms with Crippen LogP contribution in [0.25, 0.3) is 0 Å². The number of rotatable bonds is 4. The van der Waals surface area contributed by atoms with Crippen LogP contribution in [0.5, 0.6) is 0 Å². The summed E-state index contributed by atoms with van der Waals surface area (Å²) in [5.41, 5.74) is 0.677. The molecule has 3 rings (SSSR count). The molecule has 1 saturated carbocycles. The second-order valence-electron chi connectivity index (χ2n) is 6.78. The topological polar surface area (TPSA) is 50.4 Å². The van der Waals surface area contributed by atoms with Crippen LogP contribution >= 0.6 is 0 Å². The van der Waals surface area contributed by atoms with Gasteiger partial charge in [0.1, 0.15) is 0 Å². The van der Waals surface area contributed by atoms with Crippen molar-refractivity contribution in [3.8, 4) is 0 Å². The van der Waals surface area contributed by atoms with Gasteiger partial charge in [-0.05, 0) is 49.8 Å². The van der Waals surface area contributed by atoms with Crippen LogP contribution in [0.2, 0.25) is 0 Å². The highest BCUT2D eigenvalue weighted by Crippen LogP contribution is 2.31. The molecule has 0 radical (unpaired) electrons. The lowest BCUT2D eigenvalue weighted by molar-refractivity contribution is -0.119. The van der Waals surface area contributed by atoms with Gasteiger partial charge in [0, 0.05) is 31.7 Å². The van der Waals surface area contributed by atoms with Gasteiger partial charge in [0.15, 0.2) is 11.6 Å². The Morgan fingerprint density at radius 1 is 1.08 bits per heavy atom. The highest BCUT2D eigenvalue weighted by atomic mass is 19.2. The zero-order chi connectivity index (χ0) is 17.1. The first-order valence-corrected chi connectivity index (χ1v) is 8.62. The summed E-state index contributed by atoms with van der Waals surface area (Å²) in [5.74, 6) is -1.65. The number of amides is 1. The number of halogens is 2. The van der Waals surface area contributed by atoms with Gasteiger partial charge in [-0.2, -0.15) is 0 Å². The van der Waals surface area contributed by atoms with Crippen molar-refractivity contribution < 1.29 is 18.3 Å². The molecule has 1 heterocycles. The fourth-order valence-electron chi connectivity index (χ4n) is 3.77. The lowest BCUT2D eigenvalue weighted by atomic mass is 9.89. The van der Waals surface area contributed by atoms with Crippen molar-refractivity contribution in [2.45, 2.75) is 63.3 Å². The number of carbonyl (C=O) groups is 1. The van der Waals surface area contributed by atoms with Gasteiger partial charge in [-0.15, -0.1) is 0 Å². The molecule has 2 fully saturated rings. The average Bonchev–Trinajstić information content (AvgIpc) is 2.99. The Morgan fingerprint density at radius 2 is 1.79 bits per heavy atom. The molecule has 0 bridgehead atoms. The molecule has 1 amide bonds. The Morgan fingerprint density at radius 3 is 2.46 bits per heavy atom. The van der Waals surface area contributed by atoms with Gasteiger partial charge in [0.2, 0.25) is 5.91 Å². The molecule has 1 aromatic carbocycles. The van der Waals surface area contributed by atoms with E-state index in [0.717, 1.165) is 38.2 Å². The molecule has 2 atom stereocenters. The van der Waals surface area contributed by atoms with Crippen molar-refractivity contribution in [1.29, 1.82) is 0 Å². The zero-order valence-corrected chi connectivity index (χ0v) is 13.9. The summed E-state index contributed by atoms with van der Waals surface area (Å²) in [4.78, 5) is 11.1. The van der Waals surface area contributed by atoms with Crippen molar-refractivity contribution >= 4 is 5.91 Å². The largest absolute Gasteiger partial charge is 0.372 e. The summed E-state index contributed by atoms with van der Waals surface area (Å²) in [6.45, 7) is 2.16. The van der Waals surface area contributed by atoms with Gasteiger partial charge in [-0.3, -0.25) is 4.79 Å². The maximum Gasteiger partial charge on any atom is 0.217 e. The van der Waals surface area contributed by atoms with E-state index in [4.69, 9.17) is 4.74 Å². The molecule has 0 unspecified atom stereocenters. The fraction of sp³-hybridized carbons (Fsp3) is 0.611. The average molecular weight is 338 g/mol. The number of hydrogen-bond donors (Lipinski definition) is 2. The summed E-state index contributed by atoms with van der Waals surface area (Å²) in [5, 5.41) is 6.59. The lowest BCUT2D eigenvalue weighted by Crippen LogP contribution is -2.45. The predicted molar refractivity (Wildman–Crippen MR) is 86.5 cm³/mol. The normalized spacial score (nSPS) is 30.3. The Kier molecular flexibility index (Phi) is 5.46. The molecule has 4 nitrogen and oxygen atoms in total. The summed E-state index contributed by atoms with van der Waals surface area (Å²) in [7, 11) is 0. The van der Waals surface area contributed by atoms with E-state index in [1.165, 1.54) is 6.07 Å². The smallest absolute Gasteiger partial charge is 0.217 e. The highest BCUT2D eigenvalue weighted by molar-refractivity contribution is 5.73. The van der Waals surface area contributed by atoms with Crippen LogP contribution in [0.3, 0.4) is 0 Å². The van der Waals surface area contributed by atoms with Crippen LogP contribution in [-0.4, -0.2) is 30.6 Å². The van der Waals surface area contributed by atoms with E-state index in [9.17, 15) is 13.6 Å². The predicted octanol–water partition coefficient (Wildman–Crippen LogP) is 2.83. The summed E-state index contributed by atoms with van der Waals surface area (Å²) >= 11 is 0. The molecule has 132 valence electrons. The molecular weight excluding hydrogens is 314 g/mol. The first-order chi connectivity index (χ1) is 11.5. The minimum absolute atomic E-state index is 0.0222. The van der Waals surface area contributed by atoms with Crippen molar-refractivity contribution in [1.82, 2.24) is 10.6 Å². The van der Waals surface area contributed by atoms with Crippen molar-refractivity contribution in [2.75, 3.05) is 6.61 Å². The SMILES string of the molecule is CC(=O)NC1CCC(N[C@@H]2CCO[C@H]2c2ccc(F)c(F)c2)CC1. The Bertz CT molecular complexity index is 588. The van der Waals surface area contributed by atoms with Gasteiger partial charge in [0.25, 0.3) is 0 Å². The minimum atomic E-state index is -0.836. The van der Waals surface area contributed by atoms with Crippen molar-refractivity contribution in [3.05, 3.63) is 35.4 Å². The van der Waals surface area contributed by atoms with Crippen LogP contribution in [0.15, 0.2) is 18.2 Å². The molecule has 2 aliphatic rings. The van der Waals surface area contributed by atoms with E-state index in [2.05, 4.69) is 10.6 Å². The first kappa shape index (κ1) is 17.3. The van der Waals surface area contributed by atoms with E-state index in [0.29, 0.717) is 18.2 Å². The second kappa shape index (κ2) is 7.57. The first-order valence-electron chi connectivity index (χ1n) is 8.62. The Hall–Kier alpha value is -1.53. The molecule has 6 heteroatoms. The molecule has 0 spiro atoms. The van der Waals surface area contributed by atoms with Crippen LogP contribution in [-0.2, 0) is 9.53 Å². The highest BCUT2D eigenvalue weighted by Gasteiger charge is 2.33. The van der Waals surface area contributed by atoms with Gasteiger partial charge in [-0.25, -0.2) is 8.78 Å².